The molecule has 2 heterocycles. The molecule has 2 unspecified atom stereocenters. The average molecular weight is 289 g/mol. The van der Waals surface area contributed by atoms with Gasteiger partial charge in [-0.2, -0.15) is 0 Å². The number of nitrogens with one attached hydrogen (secondary N) is 3. The normalized spacial score (nSPS) is 30.5. The molecule has 7 heteroatoms. The van der Waals surface area contributed by atoms with E-state index in [2.05, 4.69) is 16.0 Å². The summed E-state index contributed by atoms with van der Waals surface area (Å²) in [6, 6.07) is -0.105. The van der Waals surface area contributed by atoms with Gasteiger partial charge < -0.3 is 16.0 Å². The van der Waals surface area contributed by atoms with E-state index in [1.807, 2.05) is 0 Å². The first-order valence-electron chi connectivity index (χ1n) is 7.04. The topological polar surface area (TPSA) is 87.3 Å². The van der Waals surface area contributed by atoms with Crippen molar-refractivity contribution in [2.75, 3.05) is 25.4 Å². The van der Waals surface area contributed by atoms with Crippen molar-refractivity contribution in [2.45, 2.75) is 43.4 Å². The summed E-state index contributed by atoms with van der Waals surface area (Å²) in [6.07, 6.45) is 4.37. The van der Waals surface area contributed by atoms with Gasteiger partial charge in [-0.25, -0.2) is 13.2 Å². The van der Waals surface area contributed by atoms with E-state index < -0.39 is 15.1 Å². The van der Waals surface area contributed by atoms with Crippen LogP contribution in [0.4, 0.5) is 4.79 Å². The van der Waals surface area contributed by atoms with Crippen LogP contribution in [-0.2, 0) is 9.84 Å². The number of hydrogen-bond acceptors (Lipinski definition) is 4. The van der Waals surface area contributed by atoms with Crippen LogP contribution in [0.15, 0.2) is 0 Å². The first-order valence-corrected chi connectivity index (χ1v) is 8.76. The molecule has 2 fully saturated rings. The molecule has 0 radical (unpaired) electrons. The molecular formula is C12H23N3O3S. The molecule has 3 N–H and O–H groups in total. The van der Waals surface area contributed by atoms with Crippen molar-refractivity contribution in [1.29, 1.82) is 0 Å². The van der Waals surface area contributed by atoms with E-state index in [1.165, 1.54) is 0 Å². The molecule has 2 aliphatic heterocycles. The van der Waals surface area contributed by atoms with E-state index in [-0.39, 0.29) is 24.4 Å². The van der Waals surface area contributed by atoms with Gasteiger partial charge in [-0.1, -0.05) is 6.42 Å². The first-order chi connectivity index (χ1) is 9.08. The van der Waals surface area contributed by atoms with Crippen molar-refractivity contribution >= 4 is 15.9 Å². The number of piperidine rings is 1. The Morgan fingerprint density at radius 1 is 1.21 bits per heavy atom. The molecule has 0 aromatic rings. The molecule has 2 atom stereocenters. The molecule has 0 aromatic heterocycles. The fourth-order valence-corrected chi connectivity index (χ4v) is 4.47. The van der Waals surface area contributed by atoms with Crippen LogP contribution >= 0.6 is 0 Å². The largest absolute Gasteiger partial charge is 0.337 e. The number of sulfone groups is 1. The Hall–Kier alpha value is -0.820. The van der Waals surface area contributed by atoms with E-state index in [9.17, 15) is 13.2 Å². The summed E-state index contributed by atoms with van der Waals surface area (Å²) in [4.78, 5) is 11.7. The van der Waals surface area contributed by atoms with Gasteiger partial charge in [0.05, 0.1) is 11.0 Å². The number of urea groups is 1. The summed E-state index contributed by atoms with van der Waals surface area (Å²) in [5, 5.41) is 8.39. The molecule has 19 heavy (non-hydrogen) atoms. The Balaban J connectivity index is 1.73. The lowest BCUT2D eigenvalue weighted by Gasteiger charge is -2.25. The van der Waals surface area contributed by atoms with Gasteiger partial charge in [0.15, 0.2) is 9.84 Å². The van der Waals surface area contributed by atoms with Gasteiger partial charge in [-0.05, 0) is 32.2 Å². The Kier molecular flexibility index (Phi) is 5.04. The summed E-state index contributed by atoms with van der Waals surface area (Å²) in [5.74, 6) is 0.257. The quantitative estimate of drug-likeness (QED) is 0.683. The fraction of sp³-hybridized carbons (Fsp3) is 0.917. The van der Waals surface area contributed by atoms with Crippen molar-refractivity contribution in [2.24, 2.45) is 0 Å². The zero-order valence-corrected chi connectivity index (χ0v) is 12.0. The van der Waals surface area contributed by atoms with Crippen LogP contribution in [0.5, 0.6) is 0 Å². The maximum atomic E-state index is 11.8. The first kappa shape index (κ1) is 14.6. The Morgan fingerprint density at radius 2 is 2.05 bits per heavy atom. The van der Waals surface area contributed by atoms with Crippen LogP contribution in [0.1, 0.15) is 32.1 Å². The minimum absolute atomic E-state index is 0.150. The molecule has 2 amide bonds. The van der Waals surface area contributed by atoms with Gasteiger partial charge in [0.1, 0.15) is 0 Å². The highest BCUT2D eigenvalue weighted by molar-refractivity contribution is 7.92. The highest BCUT2D eigenvalue weighted by atomic mass is 32.2. The third-order valence-corrected chi connectivity index (χ3v) is 6.11. The molecule has 0 aromatic carbocycles. The van der Waals surface area contributed by atoms with Crippen molar-refractivity contribution in [3.05, 3.63) is 0 Å². The second-order valence-electron chi connectivity index (χ2n) is 5.38. The van der Waals surface area contributed by atoms with Crippen LogP contribution in [0.25, 0.3) is 0 Å². The number of amides is 2. The fourth-order valence-electron chi connectivity index (χ4n) is 2.67. The van der Waals surface area contributed by atoms with Crippen LogP contribution < -0.4 is 16.0 Å². The summed E-state index contributed by atoms with van der Waals surface area (Å²) in [7, 11) is -3.01. The molecular weight excluding hydrogens is 266 g/mol. The Morgan fingerprint density at radius 3 is 2.74 bits per heavy atom. The van der Waals surface area contributed by atoms with E-state index in [0.29, 0.717) is 6.42 Å². The van der Waals surface area contributed by atoms with Gasteiger partial charge in [-0.3, -0.25) is 0 Å². The molecule has 6 nitrogen and oxygen atoms in total. The minimum atomic E-state index is -3.01. The van der Waals surface area contributed by atoms with Gasteiger partial charge >= 0.3 is 6.03 Å². The monoisotopic (exact) mass is 289 g/mol. The smallest absolute Gasteiger partial charge is 0.315 e. The molecule has 110 valence electrons. The lowest BCUT2D eigenvalue weighted by atomic mass is 10.1. The summed E-state index contributed by atoms with van der Waals surface area (Å²) >= 11 is 0. The average Bonchev–Trinajstić information content (AvgIpc) is 2.38. The third kappa shape index (κ3) is 4.35. The second-order valence-corrected chi connectivity index (χ2v) is 7.78. The summed E-state index contributed by atoms with van der Waals surface area (Å²) in [5.41, 5.74) is 0. The van der Waals surface area contributed by atoms with Crippen molar-refractivity contribution in [1.82, 2.24) is 16.0 Å². The zero-order chi connectivity index (χ0) is 13.7. The standard InChI is InChI=1S/C12H23N3O3S/c16-12(15-10-4-3-6-13-8-10)14-9-11-5-1-2-7-19(11,17)18/h10-11,13H,1-9H2,(H2,14,15,16). The summed E-state index contributed by atoms with van der Waals surface area (Å²) in [6.45, 7) is 2.02. The van der Waals surface area contributed by atoms with Crippen LogP contribution in [0.2, 0.25) is 0 Å². The Labute approximate surface area is 114 Å². The van der Waals surface area contributed by atoms with Gasteiger partial charge in [-0.15, -0.1) is 0 Å². The van der Waals surface area contributed by atoms with E-state index in [0.717, 1.165) is 38.8 Å². The minimum Gasteiger partial charge on any atom is -0.337 e. The molecule has 0 spiro atoms. The number of carbonyl (C=O) groups excluding carboxylic acids is 1. The van der Waals surface area contributed by atoms with Crippen LogP contribution in [0.3, 0.4) is 0 Å². The van der Waals surface area contributed by atoms with E-state index in [4.69, 9.17) is 0 Å². The molecule has 2 aliphatic rings. The maximum absolute atomic E-state index is 11.8. The van der Waals surface area contributed by atoms with Crippen molar-refractivity contribution in [3.8, 4) is 0 Å². The van der Waals surface area contributed by atoms with Crippen LogP contribution in [-0.4, -0.2) is 51.1 Å². The highest BCUT2D eigenvalue weighted by Crippen LogP contribution is 2.18. The third-order valence-electron chi connectivity index (χ3n) is 3.84. The molecule has 2 rings (SSSR count). The Bertz CT molecular complexity index is 404. The highest BCUT2D eigenvalue weighted by Gasteiger charge is 2.29. The van der Waals surface area contributed by atoms with E-state index in [1.54, 1.807) is 0 Å². The van der Waals surface area contributed by atoms with Crippen LogP contribution in [0, 0.1) is 0 Å². The molecule has 0 saturated carbocycles. The predicted molar refractivity (Wildman–Crippen MR) is 73.9 cm³/mol. The molecule has 0 aliphatic carbocycles. The van der Waals surface area contributed by atoms with Crippen molar-refractivity contribution in [3.63, 3.8) is 0 Å². The summed E-state index contributed by atoms with van der Waals surface area (Å²) < 4.78 is 23.6. The van der Waals surface area contributed by atoms with Gasteiger partial charge in [0.2, 0.25) is 0 Å². The van der Waals surface area contributed by atoms with Gasteiger partial charge in [0, 0.05) is 19.1 Å². The molecule has 2 saturated heterocycles. The number of hydrogen-bond donors (Lipinski definition) is 3. The SMILES string of the molecule is O=C(NCC1CCCCS1(=O)=O)NC1CCCNC1. The maximum Gasteiger partial charge on any atom is 0.315 e. The predicted octanol–water partition coefficient (Wildman–Crippen LogP) is 0.00490. The number of rotatable bonds is 3. The van der Waals surface area contributed by atoms with Gasteiger partial charge in [0.25, 0.3) is 0 Å². The lowest BCUT2D eigenvalue weighted by Crippen LogP contribution is -2.51. The van der Waals surface area contributed by atoms with E-state index >= 15 is 0 Å². The van der Waals surface area contributed by atoms with Crippen molar-refractivity contribution < 1.29 is 13.2 Å². The lowest BCUT2D eigenvalue weighted by molar-refractivity contribution is 0.233. The number of carbonyl (C=O) groups is 1. The molecule has 0 bridgehead atoms. The zero-order valence-electron chi connectivity index (χ0n) is 11.2. The second kappa shape index (κ2) is 6.56.